The third kappa shape index (κ3) is 3.72. The first-order chi connectivity index (χ1) is 10.0. The van der Waals surface area contributed by atoms with Gasteiger partial charge in [0.2, 0.25) is 0 Å². The topological polar surface area (TPSA) is 91.0 Å². The molecular weight excluding hydrogens is 268 g/mol. The maximum absolute atomic E-state index is 11.7. The van der Waals surface area contributed by atoms with Gasteiger partial charge in [0.15, 0.2) is 0 Å². The fraction of sp³-hybridized carbons (Fsp3) is 0.467. The van der Waals surface area contributed by atoms with Crippen LogP contribution in [0.1, 0.15) is 25.7 Å². The third-order valence-corrected chi connectivity index (χ3v) is 3.80. The van der Waals surface area contributed by atoms with Crippen molar-refractivity contribution in [1.82, 2.24) is 10.2 Å². The average Bonchev–Trinajstić information content (AvgIpc) is 2.47. The van der Waals surface area contributed by atoms with Crippen molar-refractivity contribution in [3.05, 3.63) is 36.3 Å². The fourth-order valence-corrected chi connectivity index (χ4v) is 2.53. The van der Waals surface area contributed by atoms with E-state index in [1.54, 1.807) is 13.1 Å². The van der Waals surface area contributed by atoms with Crippen LogP contribution in [0.15, 0.2) is 41.3 Å². The third-order valence-electron chi connectivity index (χ3n) is 3.80. The van der Waals surface area contributed by atoms with Crippen molar-refractivity contribution in [2.45, 2.75) is 37.8 Å². The number of carbonyl (C=O) groups is 1. The normalized spacial score (nSPS) is 30.0. The number of nitrogens with two attached hydrogens (primary N) is 1. The van der Waals surface area contributed by atoms with Crippen LogP contribution in [0.2, 0.25) is 0 Å². The van der Waals surface area contributed by atoms with Crippen LogP contribution in [0.25, 0.3) is 0 Å². The predicted molar refractivity (Wildman–Crippen MR) is 82.2 cm³/mol. The van der Waals surface area contributed by atoms with Gasteiger partial charge in [0, 0.05) is 30.9 Å². The summed E-state index contributed by atoms with van der Waals surface area (Å²) in [5.41, 5.74) is 6.25. The van der Waals surface area contributed by atoms with E-state index in [2.05, 4.69) is 16.9 Å². The number of carbonyl (C=O) groups excluding carboxylic acids is 1. The highest BCUT2D eigenvalue weighted by atomic mass is 16.3. The number of amidine groups is 1. The van der Waals surface area contributed by atoms with Gasteiger partial charge in [-0.1, -0.05) is 6.58 Å². The smallest absolute Gasteiger partial charge is 0.251 e. The summed E-state index contributed by atoms with van der Waals surface area (Å²) in [5.74, 6) is 0.840. The maximum atomic E-state index is 11.7. The van der Waals surface area contributed by atoms with Crippen LogP contribution < -0.4 is 11.1 Å². The van der Waals surface area contributed by atoms with Crippen molar-refractivity contribution in [2.75, 3.05) is 7.05 Å². The molecule has 21 heavy (non-hydrogen) atoms. The van der Waals surface area contributed by atoms with E-state index in [0.717, 1.165) is 25.7 Å². The number of rotatable bonds is 3. The minimum atomic E-state index is -0.193. The molecule has 0 spiro atoms. The lowest BCUT2D eigenvalue weighted by Gasteiger charge is -2.28. The quantitative estimate of drug-likeness (QED) is 0.710. The second kappa shape index (κ2) is 6.58. The number of nitrogens with zero attached hydrogens (tertiary/aromatic N) is 2. The van der Waals surface area contributed by atoms with Crippen molar-refractivity contribution < 1.29 is 9.90 Å². The van der Waals surface area contributed by atoms with Gasteiger partial charge in [-0.15, -0.1) is 0 Å². The number of aliphatic hydroxyl groups excluding tert-OH is 1. The first-order valence-electron chi connectivity index (χ1n) is 7.11. The monoisotopic (exact) mass is 290 g/mol. The molecule has 1 saturated carbocycles. The lowest BCUT2D eigenvalue weighted by molar-refractivity contribution is -0.121. The Hall–Kier alpha value is -2.08. The van der Waals surface area contributed by atoms with Crippen LogP contribution in [0.3, 0.4) is 0 Å². The highest BCUT2D eigenvalue weighted by Crippen LogP contribution is 2.19. The molecule has 0 atom stereocenters. The number of nitrogens with one attached hydrogen (secondary N) is 1. The van der Waals surface area contributed by atoms with Crippen molar-refractivity contribution in [2.24, 2.45) is 10.7 Å². The molecule has 0 aromatic heterocycles. The number of aliphatic imine (C=N–C) groups is 1. The molecule has 0 aromatic rings. The van der Waals surface area contributed by atoms with Crippen molar-refractivity contribution in [3.8, 4) is 0 Å². The van der Waals surface area contributed by atoms with Gasteiger partial charge in [0.25, 0.3) is 5.91 Å². The lowest BCUT2D eigenvalue weighted by atomic mass is 9.93. The largest absolute Gasteiger partial charge is 0.404 e. The fourth-order valence-electron chi connectivity index (χ4n) is 2.53. The molecule has 1 aliphatic heterocycles. The second-order valence-corrected chi connectivity index (χ2v) is 5.38. The van der Waals surface area contributed by atoms with E-state index in [-0.39, 0.29) is 18.1 Å². The minimum Gasteiger partial charge on any atom is -0.404 e. The van der Waals surface area contributed by atoms with E-state index in [0.29, 0.717) is 17.2 Å². The molecule has 0 aromatic carbocycles. The summed E-state index contributed by atoms with van der Waals surface area (Å²) in [4.78, 5) is 17.5. The molecule has 6 nitrogen and oxygen atoms in total. The van der Waals surface area contributed by atoms with Gasteiger partial charge in [-0.3, -0.25) is 9.69 Å². The number of aliphatic hydroxyl groups is 1. The molecule has 0 unspecified atom stereocenters. The highest BCUT2D eigenvalue weighted by Gasteiger charge is 2.22. The van der Waals surface area contributed by atoms with Crippen LogP contribution in [0, 0.1) is 0 Å². The molecule has 1 heterocycles. The Labute approximate surface area is 124 Å². The molecular formula is C15H22N4O2. The molecule has 0 bridgehead atoms. The van der Waals surface area contributed by atoms with Crippen LogP contribution in [0.5, 0.6) is 0 Å². The van der Waals surface area contributed by atoms with Crippen LogP contribution in [0.4, 0.5) is 0 Å². The molecule has 2 rings (SSSR count). The number of likely N-dealkylation sites (N-methyl/N-ethyl adjacent to an activating group) is 1. The molecule has 1 amide bonds. The molecule has 1 aliphatic carbocycles. The van der Waals surface area contributed by atoms with E-state index in [1.807, 2.05) is 0 Å². The van der Waals surface area contributed by atoms with Gasteiger partial charge in [0.05, 0.1) is 6.10 Å². The van der Waals surface area contributed by atoms with E-state index >= 15 is 0 Å². The predicted octanol–water partition coefficient (Wildman–Crippen LogP) is 0.620. The zero-order chi connectivity index (χ0) is 15.4. The van der Waals surface area contributed by atoms with Gasteiger partial charge in [-0.2, -0.15) is 0 Å². The summed E-state index contributed by atoms with van der Waals surface area (Å²) in [6, 6.07) is 0.260. The number of hydrogen-bond donors (Lipinski definition) is 3. The molecule has 0 saturated heterocycles. The summed E-state index contributed by atoms with van der Waals surface area (Å²) >= 11 is 0. The van der Waals surface area contributed by atoms with Crippen molar-refractivity contribution >= 4 is 11.7 Å². The summed E-state index contributed by atoms with van der Waals surface area (Å²) in [5, 5.41) is 12.7. The Kier molecular flexibility index (Phi) is 4.80. The zero-order valence-corrected chi connectivity index (χ0v) is 12.2. The van der Waals surface area contributed by atoms with Crippen LogP contribution in [-0.4, -0.2) is 40.9 Å². The Bertz CT molecular complexity index is 514. The Morgan fingerprint density at radius 1 is 1.48 bits per heavy atom. The lowest BCUT2D eigenvalue weighted by Crippen LogP contribution is -2.38. The molecule has 2 aliphatic rings. The minimum absolute atomic E-state index is 0.145. The molecule has 1 fully saturated rings. The summed E-state index contributed by atoms with van der Waals surface area (Å²) < 4.78 is 0. The van der Waals surface area contributed by atoms with Gasteiger partial charge < -0.3 is 16.2 Å². The van der Waals surface area contributed by atoms with Crippen LogP contribution in [-0.2, 0) is 4.79 Å². The second-order valence-electron chi connectivity index (χ2n) is 5.38. The average molecular weight is 290 g/mol. The first kappa shape index (κ1) is 15.3. The van der Waals surface area contributed by atoms with Gasteiger partial charge in [0.1, 0.15) is 11.7 Å². The van der Waals surface area contributed by atoms with Gasteiger partial charge in [-0.05, 0) is 31.8 Å². The first-order valence-corrected chi connectivity index (χ1v) is 7.11. The number of amides is 1. The molecule has 6 heteroatoms. The Morgan fingerprint density at radius 2 is 2.14 bits per heavy atom. The van der Waals surface area contributed by atoms with E-state index in [9.17, 15) is 9.90 Å². The van der Waals surface area contributed by atoms with E-state index in [1.165, 1.54) is 17.2 Å². The standard InChI is InChI=1S/C15H22N4O2/c1-10(17-12-4-6-13(20)7-5-12)18-15-11(9-16)3-8-14(21)19(15)2/h3,8-9,12-13,17,20H,1,4-7,16H2,2H3/b11-9-,18-15+/t12-,13-. The Balaban J connectivity index is 2.05. The van der Waals surface area contributed by atoms with Crippen molar-refractivity contribution in [3.63, 3.8) is 0 Å². The zero-order valence-electron chi connectivity index (χ0n) is 12.2. The van der Waals surface area contributed by atoms with E-state index in [4.69, 9.17) is 5.73 Å². The molecule has 114 valence electrons. The molecule has 0 radical (unpaired) electrons. The number of hydrogen-bond acceptors (Lipinski definition) is 5. The Morgan fingerprint density at radius 3 is 2.76 bits per heavy atom. The SMILES string of the molecule is C=C(/N=C1\C(=C/N)C=CC(=O)N1C)N[C@H]1CC[C@H](O)CC1. The summed E-state index contributed by atoms with van der Waals surface area (Å²) in [6.07, 6.45) is 7.68. The summed E-state index contributed by atoms with van der Waals surface area (Å²) in [6.45, 7) is 3.90. The summed E-state index contributed by atoms with van der Waals surface area (Å²) in [7, 11) is 1.65. The van der Waals surface area contributed by atoms with Crippen molar-refractivity contribution in [1.29, 1.82) is 0 Å². The van der Waals surface area contributed by atoms with Crippen LogP contribution >= 0.6 is 0 Å². The van der Waals surface area contributed by atoms with Gasteiger partial charge >= 0.3 is 0 Å². The molecule has 4 N–H and O–H groups in total. The van der Waals surface area contributed by atoms with E-state index < -0.39 is 0 Å². The highest BCUT2D eigenvalue weighted by molar-refractivity contribution is 6.15. The van der Waals surface area contributed by atoms with Gasteiger partial charge in [-0.25, -0.2) is 4.99 Å². The maximum Gasteiger partial charge on any atom is 0.251 e.